The fourth-order valence-electron chi connectivity index (χ4n) is 2.39. The normalized spacial score (nSPS) is 12.5. The molecule has 0 radical (unpaired) electrons. The van der Waals surface area contributed by atoms with E-state index in [2.05, 4.69) is 35.9 Å². The molecule has 25 heavy (non-hydrogen) atoms. The molecule has 2 aromatic heterocycles. The number of imide groups is 1. The molecule has 122 valence electrons. The van der Waals surface area contributed by atoms with Gasteiger partial charge in [-0.2, -0.15) is 0 Å². The van der Waals surface area contributed by atoms with E-state index in [-0.39, 0.29) is 11.1 Å². The van der Waals surface area contributed by atoms with Crippen molar-refractivity contribution in [1.29, 1.82) is 0 Å². The zero-order chi connectivity index (χ0) is 17.2. The second-order valence-electron chi connectivity index (χ2n) is 5.12. The highest BCUT2D eigenvalue weighted by Crippen LogP contribution is 2.31. The Hall–Kier alpha value is -3.88. The predicted octanol–water partition coefficient (Wildman–Crippen LogP) is 1.64. The molecule has 0 bridgehead atoms. The molecular weight excluding hydrogens is 322 g/mol. The van der Waals surface area contributed by atoms with Crippen molar-refractivity contribution < 1.29 is 9.59 Å². The van der Waals surface area contributed by atoms with Crippen molar-refractivity contribution in [1.82, 2.24) is 25.3 Å². The van der Waals surface area contributed by atoms with Crippen LogP contribution < -0.4 is 16.0 Å². The van der Waals surface area contributed by atoms with E-state index in [9.17, 15) is 9.59 Å². The van der Waals surface area contributed by atoms with E-state index in [4.69, 9.17) is 0 Å². The van der Waals surface area contributed by atoms with Gasteiger partial charge < -0.3 is 10.6 Å². The van der Waals surface area contributed by atoms with Gasteiger partial charge >= 0.3 is 0 Å². The maximum absolute atomic E-state index is 11.9. The van der Waals surface area contributed by atoms with Gasteiger partial charge in [0.05, 0.1) is 22.5 Å². The van der Waals surface area contributed by atoms with E-state index >= 15 is 0 Å². The summed E-state index contributed by atoms with van der Waals surface area (Å²) in [5, 5.41) is 8.32. The Morgan fingerprint density at radius 2 is 1.08 bits per heavy atom. The summed E-state index contributed by atoms with van der Waals surface area (Å²) < 4.78 is 0. The first-order valence-corrected chi connectivity index (χ1v) is 7.32. The predicted molar refractivity (Wildman–Crippen MR) is 88.9 cm³/mol. The molecule has 9 heteroatoms. The van der Waals surface area contributed by atoms with Gasteiger partial charge in [-0.3, -0.25) is 14.9 Å². The van der Waals surface area contributed by atoms with Gasteiger partial charge in [-0.25, -0.2) is 19.9 Å². The van der Waals surface area contributed by atoms with Crippen LogP contribution in [0.25, 0.3) is 0 Å². The summed E-state index contributed by atoms with van der Waals surface area (Å²) in [7, 11) is 0. The van der Waals surface area contributed by atoms with Gasteiger partial charge in [0.25, 0.3) is 11.8 Å². The lowest BCUT2D eigenvalue weighted by atomic mass is 10.1. The monoisotopic (exact) mass is 333 g/mol. The van der Waals surface area contributed by atoms with Gasteiger partial charge in [-0.15, -0.1) is 0 Å². The zero-order valence-electron chi connectivity index (χ0n) is 12.7. The molecule has 4 rings (SSSR count). The van der Waals surface area contributed by atoms with Crippen molar-refractivity contribution in [2.24, 2.45) is 0 Å². The molecular formula is C16H11N7O2. The van der Waals surface area contributed by atoms with Crippen molar-refractivity contribution in [2.75, 3.05) is 10.6 Å². The molecule has 9 nitrogen and oxygen atoms in total. The smallest absolute Gasteiger partial charge is 0.259 e. The molecule has 0 saturated carbocycles. The number of hydrogen-bond acceptors (Lipinski definition) is 8. The van der Waals surface area contributed by atoms with Crippen molar-refractivity contribution in [3.8, 4) is 0 Å². The van der Waals surface area contributed by atoms with Gasteiger partial charge in [0, 0.05) is 24.8 Å². The van der Waals surface area contributed by atoms with Crippen LogP contribution in [0, 0.1) is 0 Å². The molecule has 3 N–H and O–H groups in total. The molecule has 3 aromatic rings. The van der Waals surface area contributed by atoms with Crippen molar-refractivity contribution in [3.63, 3.8) is 0 Å². The first-order valence-electron chi connectivity index (χ1n) is 7.32. The summed E-state index contributed by atoms with van der Waals surface area (Å²) in [5.41, 5.74) is 1.59. The number of nitrogens with zero attached hydrogens (tertiary/aromatic N) is 4. The van der Waals surface area contributed by atoms with Gasteiger partial charge in [-0.1, -0.05) is 0 Å². The number of benzene rings is 1. The molecule has 1 aromatic carbocycles. The second kappa shape index (κ2) is 5.96. The summed E-state index contributed by atoms with van der Waals surface area (Å²) in [6.45, 7) is 0. The zero-order valence-corrected chi connectivity index (χ0v) is 12.7. The average Bonchev–Trinajstić information content (AvgIpc) is 2.90. The highest BCUT2D eigenvalue weighted by atomic mass is 16.2. The standard InChI is InChI=1S/C16H11N7O2/c24-13-9-7-11(21-15-17-3-1-4-18-15)12(8-10(9)14(25)23-13)22-16-19-5-2-6-20-16/h1-8H,(H,17,18,21)(H,19,20,22)(H,23,24,25). The minimum atomic E-state index is -0.445. The third-order valence-corrected chi connectivity index (χ3v) is 3.50. The van der Waals surface area contributed by atoms with E-state index < -0.39 is 11.8 Å². The van der Waals surface area contributed by atoms with E-state index in [0.717, 1.165) is 0 Å². The van der Waals surface area contributed by atoms with Crippen LogP contribution >= 0.6 is 0 Å². The molecule has 0 unspecified atom stereocenters. The molecule has 0 fully saturated rings. The maximum atomic E-state index is 11.9. The SMILES string of the molecule is O=C1NC(=O)c2cc(Nc3ncccn3)c(Nc3ncccn3)cc21. The Bertz CT molecular complexity index is 882. The topological polar surface area (TPSA) is 122 Å². The molecule has 0 aliphatic carbocycles. The first kappa shape index (κ1) is 14.7. The first-order chi connectivity index (χ1) is 12.2. The Morgan fingerprint density at radius 3 is 1.48 bits per heavy atom. The van der Waals surface area contributed by atoms with Crippen LogP contribution in [0.4, 0.5) is 23.3 Å². The van der Waals surface area contributed by atoms with Crippen LogP contribution in [0.5, 0.6) is 0 Å². The van der Waals surface area contributed by atoms with Crippen molar-refractivity contribution >= 4 is 35.1 Å². The molecule has 0 atom stereocenters. The lowest BCUT2D eigenvalue weighted by Crippen LogP contribution is -2.19. The highest BCUT2D eigenvalue weighted by Gasteiger charge is 2.28. The minimum Gasteiger partial charge on any atom is -0.322 e. The second-order valence-corrected chi connectivity index (χ2v) is 5.12. The summed E-state index contributed by atoms with van der Waals surface area (Å²) >= 11 is 0. The van der Waals surface area contributed by atoms with Crippen LogP contribution in [-0.2, 0) is 0 Å². The number of hydrogen-bond donors (Lipinski definition) is 3. The van der Waals surface area contributed by atoms with Crippen LogP contribution in [0.3, 0.4) is 0 Å². The lowest BCUT2D eigenvalue weighted by Gasteiger charge is -2.13. The number of fused-ring (bicyclic) bond motifs is 1. The van der Waals surface area contributed by atoms with Crippen LogP contribution in [0.15, 0.2) is 49.1 Å². The molecule has 0 saturated heterocycles. The molecule has 3 heterocycles. The molecule has 0 spiro atoms. The van der Waals surface area contributed by atoms with Gasteiger partial charge in [0.15, 0.2) is 0 Å². The number of carbonyl (C=O) groups excluding carboxylic acids is 2. The number of nitrogens with one attached hydrogen (secondary N) is 3. The number of aromatic nitrogens is 4. The number of anilines is 4. The Labute approximate surface area is 141 Å². The molecule has 1 aliphatic heterocycles. The largest absolute Gasteiger partial charge is 0.322 e. The summed E-state index contributed by atoms with van der Waals surface area (Å²) in [4.78, 5) is 40.2. The average molecular weight is 333 g/mol. The Balaban J connectivity index is 1.78. The fraction of sp³-hybridized carbons (Fsp3) is 0. The van der Waals surface area contributed by atoms with E-state index in [0.29, 0.717) is 23.3 Å². The summed E-state index contributed by atoms with van der Waals surface area (Å²) in [6, 6.07) is 6.52. The fourth-order valence-corrected chi connectivity index (χ4v) is 2.39. The van der Waals surface area contributed by atoms with Crippen LogP contribution in [0.2, 0.25) is 0 Å². The van der Waals surface area contributed by atoms with Crippen LogP contribution in [0.1, 0.15) is 20.7 Å². The quantitative estimate of drug-likeness (QED) is 0.616. The number of rotatable bonds is 4. The summed E-state index contributed by atoms with van der Waals surface area (Å²) in [5.74, 6) is -0.187. The van der Waals surface area contributed by atoms with Gasteiger partial charge in [0.2, 0.25) is 11.9 Å². The van der Waals surface area contributed by atoms with E-state index in [1.807, 2.05) is 0 Å². The Morgan fingerprint density at radius 1 is 0.680 bits per heavy atom. The van der Waals surface area contributed by atoms with Crippen molar-refractivity contribution in [3.05, 3.63) is 60.2 Å². The van der Waals surface area contributed by atoms with Gasteiger partial charge in [0.1, 0.15) is 0 Å². The third kappa shape index (κ3) is 2.85. The lowest BCUT2D eigenvalue weighted by molar-refractivity contribution is 0.0879. The summed E-state index contributed by atoms with van der Waals surface area (Å²) in [6.07, 6.45) is 6.36. The van der Waals surface area contributed by atoms with Gasteiger partial charge in [-0.05, 0) is 24.3 Å². The maximum Gasteiger partial charge on any atom is 0.259 e. The number of amides is 2. The Kier molecular flexibility index (Phi) is 3.51. The van der Waals surface area contributed by atoms with Crippen molar-refractivity contribution in [2.45, 2.75) is 0 Å². The molecule has 1 aliphatic rings. The van der Waals surface area contributed by atoms with E-state index in [1.54, 1.807) is 49.1 Å². The highest BCUT2D eigenvalue weighted by molar-refractivity contribution is 6.22. The minimum absolute atomic E-state index is 0.281. The van der Waals surface area contributed by atoms with E-state index in [1.165, 1.54) is 0 Å². The molecule has 2 amide bonds. The van der Waals surface area contributed by atoms with Crippen LogP contribution in [-0.4, -0.2) is 31.8 Å². The number of carbonyl (C=O) groups is 2. The third-order valence-electron chi connectivity index (χ3n) is 3.50.